The van der Waals surface area contributed by atoms with E-state index in [-0.39, 0.29) is 0 Å². The van der Waals surface area contributed by atoms with Crippen molar-refractivity contribution < 1.29 is 9.84 Å². The van der Waals surface area contributed by atoms with E-state index in [0.29, 0.717) is 6.42 Å². The average Bonchev–Trinajstić information content (AvgIpc) is 2.26. The van der Waals surface area contributed by atoms with E-state index in [4.69, 9.17) is 9.84 Å². The average molecular weight is 214 g/mol. The lowest BCUT2D eigenvalue weighted by molar-refractivity contribution is -0.0527. The van der Waals surface area contributed by atoms with E-state index in [0.717, 1.165) is 6.42 Å². The van der Waals surface area contributed by atoms with Crippen molar-refractivity contribution in [2.45, 2.75) is 71.5 Å². The topological polar surface area (TPSA) is 29.5 Å². The first kappa shape index (κ1) is 14.5. The molecule has 0 saturated carbocycles. The summed E-state index contributed by atoms with van der Waals surface area (Å²) in [6, 6.07) is 0. The molecule has 2 heteroatoms. The molecule has 0 saturated heterocycles. The van der Waals surface area contributed by atoms with Gasteiger partial charge in [-0.1, -0.05) is 46.0 Å². The lowest BCUT2D eigenvalue weighted by Crippen LogP contribution is -2.04. The molecule has 0 fully saturated rings. The summed E-state index contributed by atoms with van der Waals surface area (Å²) in [6.07, 6.45) is 12.6. The Morgan fingerprint density at radius 2 is 1.73 bits per heavy atom. The number of hydrogen-bond donors (Lipinski definition) is 1. The third kappa shape index (κ3) is 11.4. The Labute approximate surface area is 94.3 Å². The van der Waals surface area contributed by atoms with Crippen LogP contribution in [0.15, 0.2) is 12.3 Å². The molecule has 15 heavy (non-hydrogen) atoms. The van der Waals surface area contributed by atoms with Crippen LogP contribution in [0.3, 0.4) is 0 Å². The summed E-state index contributed by atoms with van der Waals surface area (Å²) in [7, 11) is 0. The Balaban J connectivity index is 3.09. The van der Waals surface area contributed by atoms with Gasteiger partial charge in [0.1, 0.15) is 0 Å². The van der Waals surface area contributed by atoms with Gasteiger partial charge < -0.3 is 9.84 Å². The maximum Gasteiger partial charge on any atom is 0.196 e. The van der Waals surface area contributed by atoms with Crippen LogP contribution < -0.4 is 0 Å². The molecule has 0 aliphatic rings. The number of rotatable bonds is 10. The molecular weight excluding hydrogens is 188 g/mol. The van der Waals surface area contributed by atoms with Crippen molar-refractivity contribution in [3.8, 4) is 0 Å². The van der Waals surface area contributed by atoms with Crippen molar-refractivity contribution in [1.29, 1.82) is 0 Å². The Kier molecular flexibility index (Phi) is 11.2. The van der Waals surface area contributed by atoms with E-state index >= 15 is 0 Å². The van der Waals surface area contributed by atoms with Crippen molar-refractivity contribution in [3.63, 3.8) is 0 Å². The van der Waals surface area contributed by atoms with Gasteiger partial charge in [-0.15, -0.1) is 0 Å². The molecule has 0 aromatic heterocycles. The number of aliphatic hydroxyl groups excluding tert-OH is 1. The molecule has 1 N–H and O–H groups in total. The molecule has 0 heterocycles. The first-order valence-corrected chi connectivity index (χ1v) is 6.29. The summed E-state index contributed by atoms with van der Waals surface area (Å²) in [5.41, 5.74) is 0. The van der Waals surface area contributed by atoms with Crippen molar-refractivity contribution in [1.82, 2.24) is 0 Å². The standard InChI is InChI=1S/C13H26O2/c1-3-5-6-7-8-9-10-11-12-15-13(14)4-2/h11-14H,3-10H2,1-2H3. The van der Waals surface area contributed by atoms with Gasteiger partial charge in [0.05, 0.1) is 6.26 Å². The van der Waals surface area contributed by atoms with Gasteiger partial charge >= 0.3 is 0 Å². The molecule has 0 aromatic rings. The highest BCUT2D eigenvalue weighted by atomic mass is 16.6. The largest absolute Gasteiger partial charge is 0.473 e. The van der Waals surface area contributed by atoms with Gasteiger partial charge in [0.2, 0.25) is 0 Å². The molecule has 0 aliphatic heterocycles. The minimum Gasteiger partial charge on any atom is -0.473 e. The second-order valence-electron chi connectivity index (χ2n) is 3.93. The summed E-state index contributed by atoms with van der Waals surface area (Å²) in [5.74, 6) is 0. The van der Waals surface area contributed by atoms with Crippen LogP contribution in [0.1, 0.15) is 65.2 Å². The number of aliphatic hydroxyl groups is 1. The second kappa shape index (κ2) is 11.6. The number of allylic oxidation sites excluding steroid dienone is 1. The molecule has 0 spiro atoms. The predicted molar refractivity (Wildman–Crippen MR) is 64.5 cm³/mol. The summed E-state index contributed by atoms with van der Waals surface area (Å²) >= 11 is 0. The monoisotopic (exact) mass is 214 g/mol. The first-order valence-electron chi connectivity index (χ1n) is 6.29. The zero-order valence-electron chi connectivity index (χ0n) is 10.2. The summed E-state index contributed by atoms with van der Waals surface area (Å²) in [5, 5.41) is 9.08. The highest BCUT2D eigenvalue weighted by molar-refractivity contribution is 4.73. The van der Waals surface area contributed by atoms with E-state index < -0.39 is 6.29 Å². The minimum atomic E-state index is -0.634. The van der Waals surface area contributed by atoms with E-state index in [9.17, 15) is 0 Å². The lowest BCUT2D eigenvalue weighted by atomic mass is 10.1. The van der Waals surface area contributed by atoms with Crippen LogP contribution in [-0.2, 0) is 4.74 Å². The minimum absolute atomic E-state index is 0.634. The van der Waals surface area contributed by atoms with Gasteiger partial charge in [-0.25, -0.2) is 0 Å². The molecule has 0 aromatic carbocycles. The molecule has 0 radical (unpaired) electrons. The third-order valence-electron chi connectivity index (χ3n) is 2.41. The Morgan fingerprint density at radius 1 is 1.07 bits per heavy atom. The van der Waals surface area contributed by atoms with Gasteiger partial charge in [0.25, 0.3) is 0 Å². The number of ether oxygens (including phenoxy) is 1. The predicted octanol–water partition coefficient (Wildman–Crippen LogP) is 4.00. The molecule has 0 bridgehead atoms. The number of hydrogen-bond acceptors (Lipinski definition) is 2. The van der Waals surface area contributed by atoms with E-state index in [1.54, 1.807) is 6.26 Å². The molecule has 1 unspecified atom stereocenters. The molecule has 0 amide bonds. The van der Waals surface area contributed by atoms with Crippen molar-refractivity contribution in [2.24, 2.45) is 0 Å². The first-order chi connectivity index (χ1) is 7.31. The fourth-order valence-electron chi connectivity index (χ4n) is 1.35. The van der Waals surface area contributed by atoms with Gasteiger partial charge in [-0.05, 0) is 18.9 Å². The summed E-state index contributed by atoms with van der Waals surface area (Å²) < 4.78 is 5.01. The van der Waals surface area contributed by atoms with Gasteiger partial charge in [-0.3, -0.25) is 0 Å². The normalized spacial score (nSPS) is 13.3. The Morgan fingerprint density at radius 3 is 2.40 bits per heavy atom. The Bertz CT molecular complexity index is 143. The van der Waals surface area contributed by atoms with E-state index in [2.05, 4.69) is 6.92 Å². The van der Waals surface area contributed by atoms with Crippen LogP contribution in [0.4, 0.5) is 0 Å². The van der Waals surface area contributed by atoms with Crippen molar-refractivity contribution >= 4 is 0 Å². The summed E-state index contributed by atoms with van der Waals surface area (Å²) in [4.78, 5) is 0. The highest BCUT2D eigenvalue weighted by Gasteiger charge is 1.94. The fraction of sp³-hybridized carbons (Fsp3) is 0.846. The summed E-state index contributed by atoms with van der Waals surface area (Å²) in [6.45, 7) is 4.13. The SMILES string of the molecule is CCCCCCCCC=COC(O)CC. The van der Waals surface area contributed by atoms with Crippen LogP contribution in [0, 0.1) is 0 Å². The van der Waals surface area contributed by atoms with E-state index in [1.165, 1.54) is 38.5 Å². The van der Waals surface area contributed by atoms with Crippen molar-refractivity contribution in [2.75, 3.05) is 0 Å². The van der Waals surface area contributed by atoms with Gasteiger partial charge in [-0.2, -0.15) is 0 Å². The fourth-order valence-corrected chi connectivity index (χ4v) is 1.35. The van der Waals surface area contributed by atoms with Crippen LogP contribution in [0.25, 0.3) is 0 Å². The molecule has 0 aliphatic carbocycles. The van der Waals surface area contributed by atoms with Gasteiger partial charge in [0, 0.05) is 6.42 Å². The quantitative estimate of drug-likeness (QED) is 0.338. The van der Waals surface area contributed by atoms with Crippen LogP contribution in [-0.4, -0.2) is 11.4 Å². The zero-order chi connectivity index (χ0) is 11.4. The second-order valence-corrected chi connectivity index (χ2v) is 3.93. The molecule has 2 nitrogen and oxygen atoms in total. The Hall–Kier alpha value is -0.500. The molecular formula is C13H26O2. The van der Waals surface area contributed by atoms with Crippen LogP contribution in [0.5, 0.6) is 0 Å². The molecule has 1 atom stereocenters. The molecule has 90 valence electrons. The smallest absolute Gasteiger partial charge is 0.196 e. The van der Waals surface area contributed by atoms with Gasteiger partial charge in [0.15, 0.2) is 6.29 Å². The number of unbranched alkanes of at least 4 members (excludes halogenated alkanes) is 6. The maximum atomic E-state index is 9.08. The van der Waals surface area contributed by atoms with E-state index in [1.807, 2.05) is 13.0 Å². The van der Waals surface area contributed by atoms with Crippen molar-refractivity contribution in [3.05, 3.63) is 12.3 Å². The van der Waals surface area contributed by atoms with Crippen LogP contribution in [0.2, 0.25) is 0 Å². The lowest BCUT2D eigenvalue weighted by Gasteiger charge is -2.05. The third-order valence-corrected chi connectivity index (χ3v) is 2.41. The molecule has 0 rings (SSSR count). The highest BCUT2D eigenvalue weighted by Crippen LogP contribution is 2.07. The maximum absolute atomic E-state index is 9.08. The zero-order valence-corrected chi connectivity index (χ0v) is 10.2. The van der Waals surface area contributed by atoms with Crippen LogP contribution >= 0.6 is 0 Å².